The van der Waals surface area contributed by atoms with Crippen LogP contribution in [0.15, 0.2) is 30.5 Å². The van der Waals surface area contributed by atoms with Crippen molar-refractivity contribution in [2.45, 2.75) is 27.2 Å². The number of nitrogens with one attached hydrogen (secondary N) is 2. The summed E-state index contributed by atoms with van der Waals surface area (Å²) >= 11 is 0. The number of aromatic amines is 1. The van der Waals surface area contributed by atoms with Crippen molar-refractivity contribution in [1.29, 1.82) is 0 Å². The van der Waals surface area contributed by atoms with Gasteiger partial charge in [0, 0.05) is 49.8 Å². The number of hydrogen-bond donors (Lipinski definition) is 2. The number of rotatable bonds is 6. The predicted octanol–water partition coefficient (Wildman–Crippen LogP) is 2.02. The van der Waals surface area contributed by atoms with E-state index in [1.165, 1.54) is 10.9 Å². The Morgan fingerprint density at radius 1 is 1.15 bits per heavy atom. The van der Waals surface area contributed by atoms with E-state index in [0.717, 1.165) is 31.6 Å². The topological polar surface area (TPSA) is 68.4 Å². The van der Waals surface area contributed by atoms with Gasteiger partial charge in [-0.25, -0.2) is 0 Å². The highest BCUT2D eigenvalue weighted by atomic mass is 16.2. The van der Waals surface area contributed by atoms with Crippen LogP contribution in [0.3, 0.4) is 0 Å². The minimum Gasteiger partial charge on any atom is -0.361 e. The highest BCUT2D eigenvalue weighted by Gasteiger charge is 2.39. The predicted molar refractivity (Wildman–Crippen MR) is 107 cm³/mol. The molecule has 27 heavy (non-hydrogen) atoms. The van der Waals surface area contributed by atoms with Gasteiger partial charge in [0.1, 0.15) is 5.41 Å². The maximum absolute atomic E-state index is 12.9. The zero-order chi connectivity index (χ0) is 19.4. The number of H-pyrrole nitrogens is 1. The standard InChI is InChI=1S/C21H30N4O2/c1-4-24-11-13-25(14-12-24)20(27)21(2,3)19(26)22-10-9-16-15-23-18-8-6-5-7-17(16)18/h5-8,15,23H,4,9-14H2,1-3H3,(H,22,26). The number of likely N-dealkylation sites (N-methyl/N-ethyl adjacent to an activating group) is 1. The van der Waals surface area contributed by atoms with Crippen LogP contribution in [0.2, 0.25) is 0 Å². The summed E-state index contributed by atoms with van der Waals surface area (Å²) in [5.41, 5.74) is 1.22. The van der Waals surface area contributed by atoms with Gasteiger partial charge in [0.15, 0.2) is 0 Å². The lowest BCUT2D eigenvalue weighted by molar-refractivity contribution is -0.149. The minimum absolute atomic E-state index is 0.0807. The minimum atomic E-state index is -1.05. The fourth-order valence-electron chi connectivity index (χ4n) is 3.63. The lowest BCUT2D eigenvalue weighted by Crippen LogP contribution is -2.55. The van der Waals surface area contributed by atoms with Crippen molar-refractivity contribution in [3.8, 4) is 0 Å². The van der Waals surface area contributed by atoms with Gasteiger partial charge < -0.3 is 20.1 Å². The number of carbonyl (C=O) groups excluding carboxylic acids is 2. The fourth-order valence-corrected chi connectivity index (χ4v) is 3.63. The molecule has 0 saturated carbocycles. The van der Waals surface area contributed by atoms with E-state index >= 15 is 0 Å². The van der Waals surface area contributed by atoms with Gasteiger partial charge in [-0.3, -0.25) is 9.59 Å². The molecule has 1 fully saturated rings. The third kappa shape index (κ3) is 4.16. The third-order valence-corrected chi connectivity index (χ3v) is 5.56. The summed E-state index contributed by atoms with van der Waals surface area (Å²) in [6, 6.07) is 8.13. The number of benzene rings is 1. The Kier molecular flexibility index (Phi) is 5.85. The first kappa shape index (κ1) is 19.4. The molecule has 0 aliphatic carbocycles. The number of hydrogen-bond acceptors (Lipinski definition) is 3. The first-order valence-electron chi connectivity index (χ1n) is 9.78. The molecule has 2 amide bonds. The number of para-hydroxylation sites is 1. The second-order valence-corrected chi connectivity index (χ2v) is 7.72. The SMILES string of the molecule is CCN1CCN(C(=O)C(C)(C)C(=O)NCCc2c[nH]c3ccccc23)CC1. The summed E-state index contributed by atoms with van der Waals surface area (Å²) in [6.07, 6.45) is 2.72. The molecule has 0 atom stereocenters. The van der Waals surface area contributed by atoms with Gasteiger partial charge in [-0.1, -0.05) is 25.1 Å². The number of aromatic nitrogens is 1. The lowest BCUT2D eigenvalue weighted by Gasteiger charge is -2.37. The van der Waals surface area contributed by atoms with Crippen LogP contribution in [-0.4, -0.2) is 65.9 Å². The van der Waals surface area contributed by atoms with E-state index in [0.29, 0.717) is 19.6 Å². The van der Waals surface area contributed by atoms with Crippen molar-refractivity contribution in [1.82, 2.24) is 20.1 Å². The molecule has 1 saturated heterocycles. The Hall–Kier alpha value is -2.34. The normalized spacial score (nSPS) is 15.9. The van der Waals surface area contributed by atoms with Crippen molar-refractivity contribution in [3.63, 3.8) is 0 Å². The van der Waals surface area contributed by atoms with Crippen LogP contribution in [0.1, 0.15) is 26.3 Å². The third-order valence-electron chi connectivity index (χ3n) is 5.56. The van der Waals surface area contributed by atoms with Crippen LogP contribution in [0.4, 0.5) is 0 Å². The van der Waals surface area contributed by atoms with Crippen LogP contribution in [-0.2, 0) is 16.0 Å². The van der Waals surface area contributed by atoms with E-state index in [-0.39, 0.29) is 11.8 Å². The molecule has 1 aromatic heterocycles. The fraction of sp³-hybridized carbons (Fsp3) is 0.524. The van der Waals surface area contributed by atoms with Crippen LogP contribution < -0.4 is 5.32 Å². The van der Waals surface area contributed by atoms with Crippen LogP contribution in [0.25, 0.3) is 10.9 Å². The van der Waals surface area contributed by atoms with E-state index in [1.807, 2.05) is 29.3 Å². The summed E-state index contributed by atoms with van der Waals surface area (Å²) in [7, 11) is 0. The van der Waals surface area contributed by atoms with E-state index in [2.05, 4.69) is 28.2 Å². The van der Waals surface area contributed by atoms with Crippen LogP contribution in [0.5, 0.6) is 0 Å². The second kappa shape index (κ2) is 8.13. The number of fused-ring (bicyclic) bond motifs is 1. The molecule has 2 aromatic rings. The zero-order valence-electron chi connectivity index (χ0n) is 16.5. The average Bonchev–Trinajstić information content (AvgIpc) is 3.10. The molecule has 6 nitrogen and oxygen atoms in total. The molecule has 3 rings (SSSR count). The molecule has 1 aliphatic heterocycles. The largest absolute Gasteiger partial charge is 0.361 e. The van der Waals surface area contributed by atoms with Gasteiger partial charge in [0.25, 0.3) is 0 Å². The van der Waals surface area contributed by atoms with Crippen molar-refractivity contribution in [2.24, 2.45) is 5.41 Å². The van der Waals surface area contributed by atoms with Gasteiger partial charge in [-0.05, 0) is 38.4 Å². The van der Waals surface area contributed by atoms with Gasteiger partial charge in [0.2, 0.25) is 11.8 Å². The molecule has 146 valence electrons. The van der Waals surface area contributed by atoms with Crippen LogP contribution >= 0.6 is 0 Å². The Morgan fingerprint density at radius 3 is 2.56 bits per heavy atom. The number of nitrogens with zero attached hydrogens (tertiary/aromatic N) is 2. The van der Waals surface area contributed by atoms with Crippen LogP contribution in [0, 0.1) is 5.41 Å². The Bertz CT molecular complexity index is 803. The molecular formula is C21H30N4O2. The number of carbonyl (C=O) groups is 2. The molecule has 0 bridgehead atoms. The monoisotopic (exact) mass is 370 g/mol. The molecule has 1 aliphatic rings. The highest BCUT2D eigenvalue weighted by Crippen LogP contribution is 2.21. The molecular weight excluding hydrogens is 340 g/mol. The zero-order valence-corrected chi connectivity index (χ0v) is 16.5. The van der Waals surface area contributed by atoms with E-state index < -0.39 is 5.41 Å². The first-order valence-corrected chi connectivity index (χ1v) is 9.78. The van der Waals surface area contributed by atoms with E-state index in [4.69, 9.17) is 0 Å². The summed E-state index contributed by atoms with van der Waals surface area (Å²) in [5.74, 6) is -0.284. The Labute approximate surface area is 160 Å². The van der Waals surface area contributed by atoms with Gasteiger partial charge in [-0.15, -0.1) is 0 Å². The molecule has 1 aromatic carbocycles. The highest BCUT2D eigenvalue weighted by molar-refractivity contribution is 6.04. The average molecular weight is 370 g/mol. The number of amides is 2. The Morgan fingerprint density at radius 2 is 1.85 bits per heavy atom. The van der Waals surface area contributed by atoms with Crippen molar-refractivity contribution < 1.29 is 9.59 Å². The lowest BCUT2D eigenvalue weighted by atomic mass is 9.90. The second-order valence-electron chi connectivity index (χ2n) is 7.72. The molecule has 2 heterocycles. The summed E-state index contributed by atoms with van der Waals surface area (Å²) in [6.45, 7) is 10.2. The molecule has 0 unspecified atom stereocenters. The summed E-state index contributed by atoms with van der Waals surface area (Å²) in [4.78, 5) is 32.9. The molecule has 0 radical (unpaired) electrons. The van der Waals surface area contributed by atoms with E-state index in [1.54, 1.807) is 13.8 Å². The van der Waals surface area contributed by atoms with Gasteiger partial charge in [-0.2, -0.15) is 0 Å². The molecule has 0 spiro atoms. The van der Waals surface area contributed by atoms with Crippen molar-refractivity contribution in [3.05, 3.63) is 36.0 Å². The molecule has 6 heteroatoms. The summed E-state index contributed by atoms with van der Waals surface area (Å²) < 4.78 is 0. The van der Waals surface area contributed by atoms with Crippen molar-refractivity contribution >= 4 is 22.7 Å². The first-order chi connectivity index (χ1) is 12.9. The maximum Gasteiger partial charge on any atom is 0.237 e. The summed E-state index contributed by atoms with van der Waals surface area (Å²) in [5, 5.41) is 4.13. The Balaban J connectivity index is 1.54. The quantitative estimate of drug-likeness (QED) is 0.765. The molecule has 2 N–H and O–H groups in total. The van der Waals surface area contributed by atoms with Gasteiger partial charge >= 0.3 is 0 Å². The van der Waals surface area contributed by atoms with E-state index in [9.17, 15) is 9.59 Å². The van der Waals surface area contributed by atoms with Crippen molar-refractivity contribution in [2.75, 3.05) is 39.3 Å². The maximum atomic E-state index is 12.9. The van der Waals surface area contributed by atoms with Gasteiger partial charge in [0.05, 0.1) is 0 Å². The smallest absolute Gasteiger partial charge is 0.237 e. The number of piperazine rings is 1.